The quantitative estimate of drug-likeness (QED) is 0.514. The highest BCUT2D eigenvalue weighted by atomic mass is 16.3. The molecule has 1 heterocycles. The summed E-state index contributed by atoms with van der Waals surface area (Å²) in [5.74, 6) is -1.11. The maximum Gasteiger partial charge on any atom is 0.329 e. The lowest BCUT2D eigenvalue weighted by Gasteiger charge is -2.04. The van der Waals surface area contributed by atoms with Gasteiger partial charge in [-0.2, -0.15) is 5.10 Å². The SMILES string of the molecule is C/C(=N\NC(=O)C(=O)Nc1ccc(C)cc1)c1ccco1. The first-order valence-corrected chi connectivity index (χ1v) is 6.32. The van der Waals surface area contributed by atoms with Gasteiger partial charge < -0.3 is 9.73 Å². The fourth-order valence-electron chi connectivity index (χ4n) is 1.55. The number of nitrogens with zero attached hydrogens (tertiary/aromatic N) is 1. The molecule has 2 aromatic rings. The maximum atomic E-state index is 11.7. The van der Waals surface area contributed by atoms with Crippen LogP contribution in [0.25, 0.3) is 0 Å². The summed E-state index contributed by atoms with van der Waals surface area (Å²) in [4.78, 5) is 23.3. The topological polar surface area (TPSA) is 83.7 Å². The average Bonchev–Trinajstić information content (AvgIpc) is 3.01. The lowest BCUT2D eigenvalue weighted by molar-refractivity contribution is -0.136. The molecular weight excluding hydrogens is 270 g/mol. The summed E-state index contributed by atoms with van der Waals surface area (Å²) in [7, 11) is 0. The molecule has 0 saturated heterocycles. The van der Waals surface area contributed by atoms with Gasteiger partial charge in [-0.3, -0.25) is 9.59 Å². The third-order valence-corrected chi connectivity index (χ3v) is 2.72. The van der Waals surface area contributed by atoms with Crippen molar-refractivity contribution in [2.24, 2.45) is 5.10 Å². The molecule has 21 heavy (non-hydrogen) atoms. The Balaban J connectivity index is 1.92. The monoisotopic (exact) mass is 285 g/mol. The van der Waals surface area contributed by atoms with Crippen LogP contribution in [0.4, 0.5) is 5.69 Å². The number of furan rings is 1. The predicted molar refractivity (Wildman–Crippen MR) is 78.9 cm³/mol. The summed E-state index contributed by atoms with van der Waals surface area (Å²) in [6.07, 6.45) is 1.50. The number of rotatable bonds is 3. The Morgan fingerprint density at radius 1 is 1.10 bits per heavy atom. The van der Waals surface area contributed by atoms with E-state index in [1.807, 2.05) is 19.1 Å². The van der Waals surface area contributed by atoms with Crippen molar-refractivity contribution in [1.82, 2.24) is 5.43 Å². The third kappa shape index (κ3) is 4.04. The van der Waals surface area contributed by atoms with E-state index in [1.54, 1.807) is 31.2 Å². The lowest BCUT2D eigenvalue weighted by Crippen LogP contribution is -2.32. The van der Waals surface area contributed by atoms with Gasteiger partial charge in [0.25, 0.3) is 0 Å². The highest BCUT2D eigenvalue weighted by Crippen LogP contribution is 2.08. The first-order valence-electron chi connectivity index (χ1n) is 6.32. The molecular formula is C15H15N3O3. The molecule has 2 N–H and O–H groups in total. The number of carbonyl (C=O) groups is 2. The zero-order valence-corrected chi connectivity index (χ0v) is 11.7. The van der Waals surface area contributed by atoms with Crippen molar-refractivity contribution in [2.45, 2.75) is 13.8 Å². The van der Waals surface area contributed by atoms with Crippen LogP contribution in [0, 0.1) is 6.92 Å². The second-order valence-corrected chi connectivity index (χ2v) is 4.44. The Morgan fingerprint density at radius 2 is 1.81 bits per heavy atom. The molecule has 1 aromatic carbocycles. The second-order valence-electron chi connectivity index (χ2n) is 4.44. The van der Waals surface area contributed by atoms with E-state index in [0.717, 1.165) is 5.56 Å². The molecule has 0 aliphatic carbocycles. The van der Waals surface area contributed by atoms with Crippen molar-refractivity contribution in [2.75, 3.05) is 5.32 Å². The number of hydrogen-bond acceptors (Lipinski definition) is 4. The van der Waals surface area contributed by atoms with Crippen molar-refractivity contribution >= 4 is 23.2 Å². The minimum atomic E-state index is -0.846. The highest BCUT2D eigenvalue weighted by molar-refractivity contribution is 6.39. The molecule has 0 radical (unpaired) electrons. The fraction of sp³-hybridized carbons (Fsp3) is 0.133. The zero-order valence-electron chi connectivity index (χ0n) is 11.7. The minimum Gasteiger partial charge on any atom is -0.463 e. The van der Waals surface area contributed by atoms with Crippen LogP contribution >= 0.6 is 0 Å². The number of hydrazone groups is 1. The summed E-state index contributed by atoms with van der Waals surface area (Å²) in [5.41, 5.74) is 4.26. The van der Waals surface area contributed by atoms with Crippen LogP contribution in [0.5, 0.6) is 0 Å². The molecule has 6 nitrogen and oxygen atoms in total. The second kappa shape index (κ2) is 6.51. The van der Waals surface area contributed by atoms with Gasteiger partial charge in [0.05, 0.1) is 6.26 Å². The fourth-order valence-corrected chi connectivity index (χ4v) is 1.55. The van der Waals surface area contributed by atoms with Gasteiger partial charge in [-0.15, -0.1) is 0 Å². The normalized spacial score (nSPS) is 11.0. The molecule has 0 bridgehead atoms. The van der Waals surface area contributed by atoms with Crippen LogP contribution < -0.4 is 10.7 Å². The Morgan fingerprint density at radius 3 is 2.43 bits per heavy atom. The molecule has 0 aliphatic rings. The van der Waals surface area contributed by atoms with E-state index in [4.69, 9.17) is 4.42 Å². The first kappa shape index (κ1) is 14.5. The molecule has 0 spiro atoms. The summed E-state index contributed by atoms with van der Waals surface area (Å²) in [6.45, 7) is 3.60. The van der Waals surface area contributed by atoms with Gasteiger partial charge in [0, 0.05) is 5.69 Å². The number of carbonyl (C=O) groups excluding carboxylic acids is 2. The maximum absolute atomic E-state index is 11.7. The standard InChI is InChI=1S/C15H15N3O3/c1-10-5-7-12(8-6-10)16-14(19)15(20)18-17-11(2)13-4-3-9-21-13/h3-9H,1-2H3,(H,16,19)(H,18,20)/b17-11+. The van der Waals surface area contributed by atoms with Crippen molar-refractivity contribution in [1.29, 1.82) is 0 Å². The zero-order chi connectivity index (χ0) is 15.2. The summed E-state index contributed by atoms with van der Waals surface area (Å²) in [5, 5.41) is 6.29. The molecule has 2 amide bonds. The van der Waals surface area contributed by atoms with Crippen LogP contribution in [0.3, 0.4) is 0 Å². The predicted octanol–water partition coefficient (Wildman–Crippen LogP) is 2.07. The Kier molecular flexibility index (Phi) is 4.50. The van der Waals surface area contributed by atoms with E-state index in [9.17, 15) is 9.59 Å². The number of anilines is 1. The van der Waals surface area contributed by atoms with Gasteiger partial charge in [0.2, 0.25) is 0 Å². The molecule has 108 valence electrons. The van der Waals surface area contributed by atoms with Crippen molar-refractivity contribution in [3.63, 3.8) is 0 Å². The Labute approximate surface area is 121 Å². The van der Waals surface area contributed by atoms with E-state index < -0.39 is 11.8 Å². The van der Waals surface area contributed by atoms with E-state index in [0.29, 0.717) is 17.2 Å². The molecule has 0 unspecified atom stereocenters. The molecule has 0 saturated carbocycles. The summed E-state index contributed by atoms with van der Waals surface area (Å²) >= 11 is 0. The summed E-state index contributed by atoms with van der Waals surface area (Å²) in [6, 6.07) is 10.5. The van der Waals surface area contributed by atoms with Crippen LogP contribution in [-0.2, 0) is 9.59 Å². The minimum absolute atomic E-state index is 0.469. The molecule has 1 aromatic heterocycles. The molecule has 0 aliphatic heterocycles. The molecule has 0 fully saturated rings. The highest BCUT2D eigenvalue weighted by Gasteiger charge is 2.13. The number of amides is 2. The van der Waals surface area contributed by atoms with Gasteiger partial charge >= 0.3 is 11.8 Å². The Hall–Kier alpha value is -2.89. The van der Waals surface area contributed by atoms with Gasteiger partial charge in [0.1, 0.15) is 11.5 Å². The van der Waals surface area contributed by atoms with Gasteiger partial charge in [0.15, 0.2) is 0 Å². The van der Waals surface area contributed by atoms with Crippen LogP contribution in [0.2, 0.25) is 0 Å². The largest absolute Gasteiger partial charge is 0.463 e. The van der Waals surface area contributed by atoms with E-state index >= 15 is 0 Å². The van der Waals surface area contributed by atoms with Crippen LogP contribution in [-0.4, -0.2) is 17.5 Å². The van der Waals surface area contributed by atoms with Crippen molar-refractivity contribution < 1.29 is 14.0 Å². The first-order chi connectivity index (χ1) is 10.1. The number of nitrogens with one attached hydrogen (secondary N) is 2. The van der Waals surface area contributed by atoms with E-state index in [2.05, 4.69) is 15.8 Å². The average molecular weight is 285 g/mol. The number of aryl methyl sites for hydroxylation is 1. The lowest BCUT2D eigenvalue weighted by atomic mass is 10.2. The molecule has 6 heteroatoms. The molecule has 2 rings (SSSR count). The van der Waals surface area contributed by atoms with Gasteiger partial charge in [-0.1, -0.05) is 17.7 Å². The third-order valence-electron chi connectivity index (χ3n) is 2.72. The van der Waals surface area contributed by atoms with E-state index in [-0.39, 0.29) is 0 Å². The molecule has 0 atom stereocenters. The van der Waals surface area contributed by atoms with Crippen LogP contribution in [0.1, 0.15) is 18.2 Å². The van der Waals surface area contributed by atoms with E-state index in [1.165, 1.54) is 6.26 Å². The smallest absolute Gasteiger partial charge is 0.329 e. The van der Waals surface area contributed by atoms with Crippen molar-refractivity contribution in [3.05, 3.63) is 54.0 Å². The van der Waals surface area contributed by atoms with Crippen LogP contribution in [0.15, 0.2) is 52.2 Å². The Bertz CT molecular complexity index is 658. The summed E-state index contributed by atoms with van der Waals surface area (Å²) < 4.78 is 5.11. The van der Waals surface area contributed by atoms with Gasteiger partial charge in [-0.25, -0.2) is 5.43 Å². The number of hydrogen-bond donors (Lipinski definition) is 2. The number of benzene rings is 1. The van der Waals surface area contributed by atoms with Crippen molar-refractivity contribution in [3.8, 4) is 0 Å². The van der Waals surface area contributed by atoms with Gasteiger partial charge in [-0.05, 0) is 38.1 Å².